The van der Waals surface area contributed by atoms with Crippen LogP contribution in [0.3, 0.4) is 0 Å². The molecule has 204 valence electrons. The molecule has 1 aromatic heterocycles. The summed E-state index contributed by atoms with van der Waals surface area (Å²) in [6.45, 7) is 0.423. The van der Waals surface area contributed by atoms with E-state index in [9.17, 15) is 14.7 Å². The first-order chi connectivity index (χ1) is 19.5. The van der Waals surface area contributed by atoms with Gasteiger partial charge in [0.15, 0.2) is 11.5 Å². The predicted molar refractivity (Wildman–Crippen MR) is 150 cm³/mol. The van der Waals surface area contributed by atoms with Gasteiger partial charge in [0.05, 0.1) is 5.92 Å². The van der Waals surface area contributed by atoms with Gasteiger partial charge >= 0.3 is 0 Å². The van der Waals surface area contributed by atoms with Gasteiger partial charge in [-0.2, -0.15) is 0 Å². The van der Waals surface area contributed by atoms with Crippen LogP contribution in [-0.2, 0) is 22.6 Å². The van der Waals surface area contributed by atoms with Crippen molar-refractivity contribution in [1.82, 2.24) is 15.6 Å². The number of rotatable bonds is 10. The highest BCUT2D eigenvalue weighted by molar-refractivity contribution is 5.92. The van der Waals surface area contributed by atoms with E-state index in [-0.39, 0.29) is 30.9 Å². The molecule has 1 aliphatic heterocycles. The third kappa shape index (κ3) is 6.50. The van der Waals surface area contributed by atoms with Crippen molar-refractivity contribution >= 4 is 17.6 Å². The molecule has 0 radical (unpaired) electrons. The fourth-order valence-corrected chi connectivity index (χ4v) is 4.66. The fourth-order valence-electron chi connectivity index (χ4n) is 4.66. The number of hydrogen-bond acceptors (Lipinski definition) is 7. The summed E-state index contributed by atoms with van der Waals surface area (Å²) >= 11 is 0. The number of hydrogen-bond donors (Lipinski definition) is 4. The largest absolute Gasteiger partial charge is 0.508 e. The van der Waals surface area contributed by atoms with E-state index in [2.05, 4.69) is 15.6 Å². The first-order valence-electron chi connectivity index (χ1n) is 13.0. The lowest BCUT2D eigenvalue weighted by atomic mass is 9.90. The number of aromatic hydroxyl groups is 1. The Morgan fingerprint density at radius 2 is 1.62 bits per heavy atom. The van der Waals surface area contributed by atoms with Crippen molar-refractivity contribution in [3.8, 4) is 17.2 Å². The van der Waals surface area contributed by atoms with Gasteiger partial charge in [0.25, 0.3) is 0 Å². The molecule has 3 aromatic carbocycles. The molecule has 5 rings (SSSR count). The van der Waals surface area contributed by atoms with Gasteiger partial charge in [-0.25, -0.2) is 4.98 Å². The van der Waals surface area contributed by atoms with E-state index in [0.29, 0.717) is 35.7 Å². The lowest BCUT2D eigenvalue weighted by molar-refractivity contribution is -0.129. The number of nitrogens with zero attached hydrogens (tertiary/aromatic N) is 1. The number of anilines is 1. The van der Waals surface area contributed by atoms with Crippen LogP contribution in [0.1, 0.15) is 34.6 Å². The first kappa shape index (κ1) is 26.6. The molecule has 0 aliphatic carbocycles. The number of benzene rings is 3. The fraction of sp³-hybridized carbons (Fsp3) is 0.194. The zero-order chi connectivity index (χ0) is 27.9. The smallest absolute Gasteiger partial charge is 0.242 e. The van der Waals surface area contributed by atoms with Crippen LogP contribution in [0.15, 0.2) is 91.1 Å². The molecule has 2 heterocycles. The van der Waals surface area contributed by atoms with Crippen molar-refractivity contribution in [3.05, 3.63) is 113 Å². The number of pyridine rings is 1. The number of nitrogens with one attached hydrogen (secondary N) is 2. The molecule has 4 aromatic rings. The number of carbonyl (C=O) groups is 2. The number of aromatic nitrogens is 1. The molecule has 9 nitrogen and oxygen atoms in total. The topological polar surface area (TPSA) is 136 Å². The molecular weight excluding hydrogens is 508 g/mol. The van der Waals surface area contributed by atoms with Crippen molar-refractivity contribution < 1.29 is 24.2 Å². The lowest BCUT2D eigenvalue weighted by Gasteiger charge is -2.23. The molecule has 2 unspecified atom stereocenters. The van der Waals surface area contributed by atoms with Crippen molar-refractivity contribution in [1.29, 1.82) is 0 Å². The van der Waals surface area contributed by atoms with Crippen LogP contribution in [0.4, 0.5) is 5.82 Å². The minimum Gasteiger partial charge on any atom is -0.508 e. The Morgan fingerprint density at radius 3 is 2.40 bits per heavy atom. The standard InChI is InChI=1S/C31H30N4O5/c32-28-17-20(14-15-33-28)6-12-25(30(37)34-18-21-7-13-26-27(16-21)40-19-39-26)35-31(38)29(22-4-2-1-3-5-22)23-8-10-24(36)11-9-23/h1-5,7-11,13-17,25,29,36H,6,12,18-19H2,(H2,32,33)(H,34,37)(H,35,38). The van der Waals surface area contributed by atoms with E-state index in [0.717, 1.165) is 16.7 Å². The number of nitrogen functional groups attached to an aromatic ring is 1. The maximum Gasteiger partial charge on any atom is 0.242 e. The maximum absolute atomic E-state index is 13.8. The SMILES string of the molecule is Nc1cc(CCC(NC(=O)C(c2ccccc2)c2ccc(O)cc2)C(=O)NCc2ccc3c(c2)OCO3)ccn1. The van der Waals surface area contributed by atoms with E-state index in [1.165, 1.54) is 0 Å². The highest BCUT2D eigenvalue weighted by atomic mass is 16.7. The molecular formula is C31H30N4O5. The average molecular weight is 539 g/mol. The van der Waals surface area contributed by atoms with E-state index in [1.807, 2.05) is 48.5 Å². The van der Waals surface area contributed by atoms with Gasteiger partial charge in [-0.15, -0.1) is 0 Å². The molecule has 0 saturated heterocycles. The van der Waals surface area contributed by atoms with Gasteiger partial charge in [-0.05, 0) is 71.5 Å². The van der Waals surface area contributed by atoms with Crippen LogP contribution in [0.5, 0.6) is 17.2 Å². The van der Waals surface area contributed by atoms with E-state index in [4.69, 9.17) is 15.2 Å². The molecule has 5 N–H and O–H groups in total. The second kappa shape index (κ2) is 12.2. The summed E-state index contributed by atoms with van der Waals surface area (Å²) in [5.41, 5.74) is 9.06. The van der Waals surface area contributed by atoms with Crippen LogP contribution in [0, 0.1) is 0 Å². The van der Waals surface area contributed by atoms with Crippen LogP contribution in [-0.4, -0.2) is 34.7 Å². The third-order valence-corrected chi connectivity index (χ3v) is 6.73. The summed E-state index contributed by atoms with van der Waals surface area (Å²) in [7, 11) is 0. The van der Waals surface area contributed by atoms with Gasteiger partial charge in [0.2, 0.25) is 18.6 Å². The number of ether oxygens (including phenoxy) is 2. The second-order valence-corrected chi connectivity index (χ2v) is 9.53. The van der Waals surface area contributed by atoms with Gasteiger partial charge in [0, 0.05) is 12.7 Å². The monoisotopic (exact) mass is 538 g/mol. The van der Waals surface area contributed by atoms with Gasteiger partial charge in [-0.3, -0.25) is 9.59 Å². The highest BCUT2D eigenvalue weighted by Gasteiger charge is 2.28. The molecule has 2 atom stereocenters. The Labute approximate surface area is 232 Å². The molecule has 0 fully saturated rings. The van der Waals surface area contributed by atoms with Crippen molar-refractivity contribution in [3.63, 3.8) is 0 Å². The summed E-state index contributed by atoms with van der Waals surface area (Å²) in [6, 6.07) is 24.1. The Hall–Kier alpha value is -5.05. The highest BCUT2D eigenvalue weighted by Crippen LogP contribution is 2.32. The summed E-state index contributed by atoms with van der Waals surface area (Å²) < 4.78 is 10.8. The number of phenols is 1. The minimum atomic E-state index is -0.820. The van der Waals surface area contributed by atoms with Gasteiger partial charge < -0.3 is 30.9 Å². The van der Waals surface area contributed by atoms with Crippen molar-refractivity contribution in [2.45, 2.75) is 31.3 Å². The predicted octanol–water partition coefficient (Wildman–Crippen LogP) is 3.66. The minimum absolute atomic E-state index is 0.105. The normalized spacial score (nSPS) is 13.3. The molecule has 1 aliphatic rings. The number of phenolic OH excluding ortho intramolecular Hbond substituents is 1. The molecule has 0 bridgehead atoms. The summed E-state index contributed by atoms with van der Waals surface area (Å²) in [5.74, 6) is 0.474. The van der Waals surface area contributed by atoms with Crippen molar-refractivity contribution in [2.24, 2.45) is 0 Å². The lowest BCUT2D eigenvalue weighted by Crippen LogP contribution is -2.48. The second-order valence-electron chi connectivity index (χ2n) is 9.53. The van der Waals surface area contributed by atoms with E-state index < -0.39 is 12.0 Å². The number of nitrogens with two attached hydrogens (primary N) is 1. The Balaban J connectivity index is 1.35. The Kier molecular flexibility index (Phi) is 8.10. The summed E-state index contributed by atoms with van der Waals surface area (Å²) in [5, 5.41) is 15.7. The van der Waals surface area contributed by atoms with Gasteiger partial charge in [0.1, 0.15) is 17.6 Å². The van der Waals surface area contributed by atoms with E-state index in [1.54, 1.807) is 42.6 Å². The number of aryl methyl sites for hydroxylation is 1. The summed E-state index contributed by atoms with van der Waals surface area (Å²) in [4.78, 5) is 31.3. The molecule has 9 heteroatoms. The Bertz CT molecular complexity index is 1480. The van der Waals surface area contributed by atoms with Crippen LogP contribution >= 0.6 is 0 Å². The third-order valence-electron chi connectivity index (χ3n) is 6.73. The number of carbonyl (C=O) groups excluding carboxylic acids is 2. The van der Waals surface area contributed by atoms with Crippen LogP contribution in [0.25, 0.3) is 0 Å². The maximum atomic E-state index is 13.8. The Morgan fingerprint density at radius 1 is 0.875 bits per heavy atom. The van der Waals surface area contributed by atoms with Gasteiger partial charge in [-0.1, -0.05) is 48.5 Å². The van der Waals surface area contributed by atoms with E-state index >= 15 is 0 Å². The zero-order valence-electron chi connectivity index (χ0n) is 21.7. The molecule has 2 amide bonds. The van der Waals surface area contributed by atoms with Crippen LogP contribution < -0.4 is 25.8 Å². The van der Waals surface area contributed by atoms with Crippen LogP contribution in [0.2, 0.25) is 0 Å². The molecule has 40 heavy (non-hydrogen) atoms. The number of fused-ring (bicyclic) bond motifs is 1. The summed E-state index contributed by atoms with van der Waals surface area (Å²) in [6.07, 6.45) is 2.47. The molecule has 0 spiro atoms. The molecule has 0 saturated carbocycles. The van der Waals surface area contributed by atoms with Crippen molar-refractivity contribution in [2.75, 3.05) is 12.5 Å². The average Bonchev–Trinajstić information content (AvgIpc) is 3.44. The first-order valence-corrected chi connectivity index (χ1v) is 13.0. The number of amides is 2. The zero-order valence-corrected chi connectivity index (χ0v) is 21.7. The quantitative estimate of drug-likeness (QED) is 0.242.